The molecule has 7 nitrogen and oxygen atoms in total. The summed E-state index contributed by atoms with van der Waals surface area (Å²) in [5.74, 6) is -5.39. The number of benzene rings is 1. The molecule has 0 aliphatic rings. The van der Waals surface area contributed by atoms with Crippen molar-refractivity contribution in [2.45, 2.75) is 12.8 Å². The molecule has 27 heavy (non-hydrogen) atoms. The molecule has 0 fully saturated rings. The number of nitrogens with zero attached hydrogens (tertiary/aromatic N) is 2. The maximum atomic E-state index is 14.7. The number of carbonyl (C=O) groups is 1. The molecule has 1 aromatic carbocycles. The Balaban J connectivity index is 1.93. The number of ketones is 1. The number of halogens is 3. The highest BCUT2D eigenvalue weighted by atomic mass is 32.2. The number of pyridine rings is 1. The largest absolute Gasteiger partial charge is 0.760 e. The Morgan fingerprint density at radius 1 is 1.26 bits per heavy atom. The lowest BCUT2D eigenvalue weighted by Gasteiger charge is -2.11. The zero-order valence-electron chi connectivity index (χ0n) is 13.5. The molecule has 1 unspecified atom stereocenters. The van der Waals surface area contributed by atoms with Gasteiger partial charge in [-0.3, -0.25) is 9.00 Å². The Hall–Kier alpha value is -2.63. The van der Waals surface area contributed by atoms with Crippen LogP contribution in [-0.4, -0.2) is 31.1 Å². The van der Waals surface area contributed by atoms with Crippen LogP contribution in [0.1, 0.15) is 28.0 Å². The highest BCUT2D eigenvalue weighted by Gasteiger charge is 2.26. The summed E-state index contributed by atoms with van der Waals surface area (Å²) in [6.45, 7) is -0.0262. The van der Waals surface area contributed by atoms with Gasteiger partial charge in [0.1, 0.15) is 17.0 Å². The molecular weight excluding hydrogens is 387 g/mol. The number of carbonyl (C=O) groups excluding carboxylic acids is 1. The van der Waals surface area contributed by atoms with Crippen LogP contribution in [0.3, 0.4) is 0 Å². The van der Waals surface area contributed by atoms with Gasteiger partial charge < -0.3 is 8.97 Å². The molecule has 3 rings (SSSR count). The van der Waals surface area contributed by atoms with Crippen LogP contribution >= 0.6 is 0 Å². The fraction of sp³-hybridized carbons (Fsp3) is 0.188. The van der Waals surface area contributed by atoms with Gasteiger partial charge in [-0.25, -0.2) is 27.9 Å². The first-order valence-electron chi connectivity index (χ1n) is 7.62. The van der Waals surface area contributed by atoms with Crippen LogP contribution in [0.2, 0.25) is 0 Å². The Morgan fingerprint density at radius 2 is 2.04 bits per heavy atom. The van der Waals surface area contributed by atoms with Crippen molar-refractivity contribution < 1.29 is 31.1 Å². The summed E-state index contributed by atoms with van der Waals surface area (Å²) in [6.07, 6.45) is 1.10. The minimum atomic E-state index is -2.49. The van der Waals surface area contributed by atoms with Crippen LogP contribution in [0.5, 0.6) is 0 Å². The zero-order valence-corrected chi connectivity index (χ0v) is 14.3. The minimum Gasteiger partial charge on any atom is -0.760 e. The van der Waals surface area contributed by atoms with E-state index in [0.29, 0.717) is 11.6 Å². The zero-order chi connectivity index (χ0) is 19.6. The molecule has 0 radical (unpaired) electrons. The number of aromatic nitrogens is 2. The number of fused-ring (bicyclic) bond motifs is 1. The molecular formula is C16H11F3N3O4S-. The Kier molecular flexibility index (Phi) is 5.63. The highest BCUT2D eigenvalue weighted by Crippen LogP contribution is 2.24. The molecule has 2 heterocycles. The molecule has 2 aromatic heterocycles. The van der Waals surface area contributed by atoms with E-state index >= 15 is 0 Å². The van der Waals surface area contributed by atoms with E-state index in [2.05, 4.69) is 14.7 Å². The SMILES string of the molecule is O=C(c1ccc2ncoc2n1)c1c(F)c(F)cc(CCCNS(=O)[O-])c1F. The average molecular weight is 398 g/mol. The first-order valence-corrected chi connectivity index (χ1v) is 8.70. The van der Waals surface area contributed by atoms with Crippen molar-refractivity contribution in [3.05, 3.63) is 58.9 Å². The molecule has 0 spiro atoms. The average Bonchev–Trinajstić information content (AvgIpc) is 3.10. The van der Waals surface area contributed by atoms with Crippen molar-refractivity contribution in [2.75, 3.05) is 6.54 Å². The van der Waals surface area contributed by atoms with Crippen LogP contribution in [0.25, 0.3) is 11.2 Å². The maximum Gasteiger partial charge on any atom is 0.247 e. The number of nitrogens with one attached hydrogen (secondary N) is 1. The normalized spacial score (nSPS) is 12.4. The van der Waals surface area contributed by atoms with E-state index < -0.39 is 40.1 Å². The third-order valence-electron chi connectivity index (χ3n) is 3.73. The van der Waals surface area contributed by atoms with E-state index in [1.807, 2.05) is 0 Å². The Bertz CT molecular complexity index is 1040. The Labute approximate surface area is 153 Å². The fourth-order valence-electron chi connectivity index (χ4n) is 2.48. The summed E-state index contributed by atoms with van der Waals surface area (Å²) in [4.78, 5) is 20.2. The van der Waals surface area contributed by atoms with Gasteiger partial charge in [-0.05, 0) is 36.6 Å². The molecule has 0 saturated heterocycles. The fourth-order valence-corrected chi connectivity index (χ4v) is 2.79. The van der Waals surface area contributed by atoms with Gasteiger partial charge in [-0.1, -0.05) is 0 Å². The van der Waals surface area contributed by atoms with Crippen LogP contribution in [-0.2, 0) is 17.7 Å². The molecule has 11 heteroatoms. The first-order chi connectivity index (χ1) is 12.9. The van der Waals surface area contributed by atoms with Gasteiger partial charge in [-0.2, -0.15) is 0 Å². The van der Waals surface area contributed by atoms with Crippen molar-refractivity contribution >= 4 is 28.3 Å². The van der Waals surface area contributed by atoms with Gasteiger partial charge in [0.25, 0.3) is 0 Å². The van der Waals surface area contributed by atoms with E-state index in [-0.39, 0.29) is 36.4 Å². The number of aryl methyl sites for hydroxylation is 1. The third-order valence-corrected chi connectivity index (χ3v) is 4.17. The molecule has 0 saturated carbocycles. The first kappa shape index (κ1) is 19.1. The van der Waals surface area contributed by atoms with Crippen molar-refractivity contribution in [3.63, 3.8) is 0 Å². The number of rotatable bonds is 7. The van der Waals surface area contributed by atoms with Crippen LogP contribution in [0.4, 0.5) is 13.2 Å². The summed E-state index contributed by atoms with van der Waals surface area (Å²) in [5.41, 5.74) is -1.32. The summed E-state index contributed by atoms with van der Waals surface area (Å²) in [6, 6.07) is 3.22. The number of hydrogen-bond acceptors (Lipinski definition) is 6. The van der Waals surface area contributed by atoms with Gasteiger partial charge in [0, 0.05) is 17.8 Å². The molecule has 142 valence electrons. The topological polar surface area (TPSA) is 108 Å². The predicted octanol–water partition coefficient (Wildman–Crippen LogP) is 2.19. The van der Waals surface area contributed by atoms with Crippen LogP contribution in [0, 0.1) is 17.5 Å². The van der Waals surface area contributed by atoms with Crippen molar-refractivity contribution in [1.29, 1.82) is 0 Å². The molecule has 0 aliphatic heterocycles. The van der Waals surface area contributed by atoms with E-state index in [1.165, 1.54) is 12.1 Å². The van der Waals surface area contributed by atoms with Crippen molar-refractivity contribution in [1.82, 2.24) is 14.7 Å². The van der Waals surface area contributed by atoms with E-state index in [9.17, 15) is 26.7 Å². The van der Waals surface area contributed by atoms with Crippen molar-refractivity contribution in [2.24, 2.45) is 0 Å². The predicted molar refractivity (Wildman–Crippen MR) is 86.8 cm³/mol. The molecule has 1 N–H and O–H groups in total. The quantitative estimate of drug-likeness (QED) is 0.283. The lowest BCUT2D eigenvalue weighted by atomic mass is 9.99. The number of hydrogen-bond donors (Lipinski definition) is 1. The van der Waals surface area contributed by atoms with Crippen LogP contribution in [0.15, 0.2) is 29.0 Å². The molecule has 1 atom stereocenters. The van der Waals surface area contributed by atoms with E-state index in [4.69, 9.17) is 4.42 Å². The lowest BCUT2D eigenvalue weighted by Crippen LogP contribution is -2.18. The highest BCUT2D eigenvalue weighted by molar-refractivity contribution is 7.77. The molecule has 0 bridgehead atoms. The standard InChI is InChI=1S/C16H12F3N3O4S/c17-9-6-8(2-1-5-21-27(24)25)13(18)12(14(9)19)15(23)10-3-4-11-16(22-10)26-7-20-11/h3-4,6-7,21H,1-2,5H2,(H,24,25)/p-1. The van der Waals surface area contributed by atoms with Gasteiger partial charge in [0.05, 0.1) is 5.56 Å². The van der Waals surface area contributed by atoms with Crippen LogP contribution < -0.4 is 4.72 Å². The van der Waals surface area contributed by atoms with Gasteiger partial charge in [0.15, 0.2) is 18.0 Å². The maximum absolute atomic E-state index is 14.7. The summed E-state index contributed by atoms with van der Waals surface area (Å²) >= 11 is -2.49. The van der Waals surface area contributed by atoms with E-state index in [1.54, 1.807) is 0 Å². The third kappa shape index (κ3) is 4.04. The van der Waals surface area contributed by atoms with Gasteiger partial charge in [-0.15, -0.1) is 0 Å². The molecule has 0 amide bonds. The second-order valence-corrected chi connectivity index (χ2v) is 6.21. The summed E-state index contributed by atoms with van der Waals surface area (Å²) in [7, 11) is 0. The van der Waals surface area contributed by atoms with E-state index in [0.717, 1.165) is 6.39 Å². The minimum absolute atomic E-state index is 0.00465. The van der Waals surface area contributed by atoms with Gasteiger partial charge >= 0.3 is 0 Å². The smallest absolute Gasteiger partial charge is 0.247 e. The summed E-state index contributed by atoms with van der Waals surface area (Å²) < 4.78 is 70.5. The second kappa shape index (κ2) is 7.94. The second-order valence-electron chi connectivity index (χ2n) is 5.46. The number of oxazole rings is 1. The molecule has 0 aliphatic carbocycles. The monoisotopic (exact) mass is 398 g/mol. The van der Waals surface area contributed by atoms with Crippen molar-refractivity contribution in [3.8, 4) is 0 Å². The Morgan fingerprint density at radius 3 is 2.78 bits per heavy atom. The van der Waals surface area contributed by atoms with Gasteiger partial charge in [0.2, 0.25) is 11.5 Å². The summed E-state index contributed by atoms with van der Waals surface area (Å²) in [5, 5.41) is 0. The lowest BCUT2D eigenvalue weighted by molar-refractivity contribution is 0.102. The molecule has 3 aromatic rings.